The second kappa shape index (κ2) is 18.8. The molecule has 1 aromatic heterocycles. The van der Waals surface area contributed by atoms with Crippen LogP contribution in [0.25, 0.3) is 28.0 Å². The molecular weight excluding hydrogens is 761 g/mol. The van der Waals surface area contributed by atoms with E-state index in [1.807, 2.05) is 49.2 Å². The molecule has 7 rings (SSSR count). The van der Waals surface area contributed by atoms with Crippen LogP contribution in [0.15, 0.2) is 90.2 Å². The Hall–Kier alpha value is -6.28. The molecule has 2 saturated heterocycles. The van der Waals surface area contributed by atoms with Crippen molar-refractivity contribution in [2.24, 2.45) is 16.6 Å². The van der Waals surface area contributed by atoms with Crippen LogP contribution in [0.3, 0.4) is 0 Å². The van der Waals surface area contributed by atoms with E-state index in [1.165, 1.54) is 14.2 Å². The van der Waals surface area contributed by atoms with Gasteiger partial charge in [-0.1, -0.05) is 86.6 Å². The Bertz CT molecular complexity index is 2230. The van der Waals surface area contributed by atoms with Crippen molar-refractivity contribution in [1.82, 2.24) is 30.4 Å². The van der Waals surface area contributed by atoms with Crippen molar-refractivity contribution in [3.63, 3.8) is 0 Å². The number of aromatic amines is 1. The zero-order chi connectivity index (χ0) is 42.3. The zero-order valence-electron chi connectivity index (χ0n) is 34.6. The third-order valence-electron chi connectivity index (χ3n) is 11.8. The first-order chi connectivity index (χ1) is 29.1. The van der Waals surface area contributed by atoms with Crippen molar-refractivity contribution >= 4 is 35.3 Å². The number of ether oxygens (including phenoxy) is 2. The van der Waals surface area contributed by atoms with Gasteiger partial charge in [0.15, 0.2) is 0 Å². The number of nitrogens with one attached hydrogen (secondary N) is 3. The summed E-state index contributed by atoms with van der Waals surface area (Å²) in [6.07, 6.45) is 6.71. The van der Waals surface area contributed by atoms with Crippen molar-refractivity contribution < 1.29 is 28.7 Å². The van der Waals surface area contributed by atoms with Gasteiger partial charge in [0, 0.05) is 44.4 Å². The molecule has 14 nitrogen and oxygen atoms in total. The second-order valence-corrected chi connectivity index (χ2v) is 15.9. The lowest BCUT2D eigenvalue weighted by atomic mass is 9.95. The highest BCUT2D eigenvalue weighted by Gasteiger charge is 2.39. The maximum Gasteiger partial charge on any atom is 0.407 e. The van der Waals surface area contributed by atoms with E-state index >= 15 is 0 Å². The van der Waals surface area contributed by atoms with E-state index < -0.39 is 24.3 Å². The van der Waals surface area contributed by atoms with Gasteiger partial charge in [-0.3, -0.25) is 14.6 Å². The molecule has 2 fully saturated rings. The molecule has 0 radical (unpaired) electrons. The molecule has 60 heavy (non-hydrogen) atoms. The molecule has 4 amide bonds. The van der Waals surface area contributed by atoms with Crippen LogP contribution in [0.4, 0.5) is 9.59 Å². The summed E-state index contributed by atoms with van der Waals surface area (Å²) in [5.41, 5.74) is 14.8. The fourth-order valence-electron chi connectivity index (χ4n) is 8.42. The van der Waals surface area contributed by atoms with Crippen LogP contribution in [0, 0.1) is 5.92 Å². The summed E-state index contributed by atoms with van der Waals surface area (Å²) < 4.78 is 9.63. The first-order valence-electron chi connectivity index (χ1n) is 20.7. The average Bonchev–Trinajstić information content (AvgIpc) is 4.12. The van der Waals surface area contributed by atoms with Crippen molar-refractivity contribution in [3.05, 3.63) is 108 Å². The number of carbonyl (C=O) groups is 4. The maximum absolute atomic E-state index is 14.0. The normalized spacial score (nSPS) is 18.5. The smallest absolute Gasteiger partial charge is 0.407 e. The van der Waals surface area contributed by atoms with Gasteiger partial charge in [-0.05, 0) is 70.6 Å². The van der Waals surface area contributed by atoms with E-state index in [0.717, 1.165) is 76.0 Å². The predicted octanol–water partition coefficient (Wildman–Crippen LogP) is 6.39. The number of aliphatic imine (C=N–C) groups is 1. The van der Waals surface area contributed by atoms with Gasteiger partial charge in [0.2, 0.25) is 11.8 Å². The van der Waals surface area contributed by atoms with Gasteiger partial charge in [-0.2, -0.15) is 0 Å². The number of benzene rings is 3. The highest BCUT2D eigenvalue weighted by Crippen LogP contribution is 2.34. The molecule has 4 aromatic rings. The number of amides is 4. The number of hydrogen-bond donors (Lipinski definition) is 4. The molecule has 0 bridgehead atoms. The minimum Gasteiger partial charge on any atom is -0.453 e. The summed E-state index contributed by atoms with van der Waals surface area (Å²) in [4.78, 5) is 68.5. The quantitative estimate of drug-likeness (QED) is 0.120. The number of imidazole rings is 1. The number of carbonyl (C=O) groups excluding carboxylic acids is 4. The summed E-state index contributed by atoms with van der Waals surface area (Å²) in [6, 6.07) is 22.6. The van der Waals surface area contributed by atoms with Gasteiger partial charge < -0.3 is 40.6 Å². The van der Waals surface area contributed by atoms with Crippen LogP contribution in [-0.2, 0) is 32.0 Å². The standard InChI is InChI=1S/C46H54N8O6/c1-28(2)41(52-46(58)60-4)44(56)53-21-5-7-39(53)36-24-35(26-48-36)33-15-13-31(14-16-33)32-17-19-34(20-18-32)38-27-49-42(50-38)40-8-6-22-54(40)43(55)37(51-45(57)59-3)23-29-9-11-30(25-47)12-10-29/h9-20,26-28,37,39-41H,5-8,21-25,47H2,1-4H3,(H,49,50)(H,51,57)(H,52,58)/t37-,39-,40-,41-/m0/s1. The first kappa shape index (κ1) is 41.9. The second-order valence-electron chi connectivity index (χ2n) is 15.9. The summed E-state index contributed by atoms with van der Waals surface area (Å²) in [7, 11) is 2.58. The molecule has 3 aromatic carbocycles. The van der Waals surface area contributed by atoms with Gasteiger partial charge in [-0.25, -0.2) is 14.6 Å². The molecule has 0 aliphatic carbocycles. The van der Waals surface area contributed by atoms with Crippen molar-refractivity contribution in [1.29, 1.82) is 0 Å². The number of nitrogens with two attached hydrogens (primary N) is 1. The number of hydrogen-bond acceptors (Lipinski definition) is 9. The number of likely N-dealkylation sites (tertiary alicyclic amines) is 2. The Labute approximate surface area is 350 Å². The van der Waals surface area contributed by atoms with E-state index in [2.05, 4.69) is 64.1 Å². The summed E-state index contributed by atoms with van der Waals surface area (Å²) in [5, 5.41) is 5.46. The Morgan fingerprint density at radius 2 is 1.33 bits per heavy atom. The molecule has 4 heterocycles. The Kier molecular flexibility index (Phi) is 13.1. The van der Waals surface area contributed by atoms with Crippen LogP contribution < -0.4 is 16.4 Å². The first-order valence-corrected chi connectivity index (χ1v) is 20.7. The molecule has 0 unspecified atom stereocenters. The molecule has 14 heteroatoms. The molecule has 3 aliphatic rings. The predicted molar refractivity (Wildman–Crippen MR) is 229 cm³/mol. The fourth-order valence-corrected chi connectivity index (χ4v) is 8.42. The van der Waals surface area contributed by atoms with E-state index in [4.69, 9.17) is 25.2 Å². The summed E-state index contributed by atoms with van der Waals surface area (Å²) in [5.74, 6) is 0.324. The fraction of sp³-hybridized carbons (Fsp3) is 0.391. The number of methoxy groups -OCH3 is 2. The maximum atomic E-state index is 14.0. The lowest BCUT2D eigenvalue weighted by molar-refractivity contribution is -0.135. The molecule has 4 atom stereocenters. The molecule has 3 aliphatic heterocycles. The zero-order valence-corrected chi connectivity index (χ0v) is 34.6. The topological polar surface area (TPSA) is 184 Å². The highest BCUT2D eigenvalue weighted by molar-refractivity contribution is 6.04. The average molecular weight is 815 g/mol. The van der Waals surface area contributed by atoms with E-state index in [0.29, 0.717) is 38.3 Å². The van der Waals surface area contributed by atoms with Gasteiger partial charge in [0.1, 0.15) is 17.9 Å². The van der Waals surface area contributed by atoms with Crippen LogP contribution in [-0.4, -0.2) is 94.9 Å². The Morgan fingerprint density at radius 3 is 1.95 bits per heavy atom. The minimum atomic E-state index is -0.805. The van der Waals surface area contributed by atoms with Gasteiger partial charge in [-0.15, -0.1) is 0 Å². The van der Waals surface area contributed by atoms with Crippen LogP contribution in [0.5, 0.6) is 0 Å². The van der Waals surface area contributed by atoms with E-state index in [1.54, 1.807) is 11.1 Å². The number of alkyl carbamates (subject to hydrolysis) is 2. The van der Waals surface area contributed by atoms with Crippen molar-refractivity contribution in [2.45, 2.75) is 83.1 Å². The number of H-pyrrole nitrogens is 1. The summed E-state index contributed by atoms with van der Waals surface area (Å²) in [6.45, 7) is 5.44. The number of allylic oxidation sites excluding steroid dienone is 1. The number of nitrogens with zero attached hydrogens (tertiary/aromatic N) is 4. The largest absolute Gasteiger partial charge is 0.453 e. The van der Waals surface area contributed by atoms with Crippen LogP contribution in [0.1, 0.15) is 74.5 Å². The van der Waals surface area contributed by atoms with Gasteiger partial charge >= 0.3 is 12.2 Å². The number of aromatic nitrogens is 2. The third-order valence-corrected chi connectivity index (χ3v) is 11.8. The monoisotopic (exact) mass is 814 g/mol. The molecule has 0 spiro atoms. The molecule has 314 valence electrons. The van der Waals surface area contributed by atoms with Gasteiger partial charge in [0.05, 0.1) is 38.2 Å². The lowest BCUT2D eigenvalue weighted by Gasteiger charge is -2.31. The third kappa shape index (κ3) is 9.28. The van der Waals surface area contributed by atoms with Crippen molar-refractivity contribution in [2.75, 3.05) is 27.3 Å². The van der Waals surface area contributed by atoms with Crippen molar-refractivity contribution in [3.8, 4) is 22.4 Å². The van der Waals surface area contributed by atoms with E-state index in [-0.39, 0.29) is 29.8 Å². The minimum absolute atomic E-state index is 0.0898. The highest BCUT2D eigenvalue weighted by atomic mass is 16.5. The van der Waals surface area contributed by atoms with Gasteiger partial charge in [0.25, 0.3) is 0 Å². The van der Waals surface area contributed by atoms with Crippen LogP contribution in [0.2, 0.25) is 0 Å². The lowest BCUT2D eigenvalue weighted by Crippen LogP contribution is -2.53. The van der Waals surface area contributed by atoms with E-state index in [9.17, 15) is 19.2 Å². The van der Waals surface area contributed by atoms with Crippen LogP contribution >= 0.6 is 0 Å². The SMILES string of the molecule is COC(=O)N[C@@H](Cc1ccc(CN)cc1)C(=O)N1CCC[C@H]1c1ncc(-c2ccc(-c3ccc(C4=CN=C([C@@H]5CCCN5C(=O)[C@@H](NC(=O)OC)C(C)C)C4)cc3)cc2)[nH]1. The Balaban J connectivity index is 0.972. The molecular formula is C46H54N8O6. The summed E-state index contributed by atoms with van der Waals surface area (Å²) >= 11 is 0. The molecule has 0 saturated carbocycles. The Morgan fingerprint density at radius 1 is 0.767 bits per heavy atom. The number of rotatable bonds is 13. The molecule has 5 N–H and O–H groups in total.